The summed E-state index contributed by atoms with van der Waals surface area (Å²) in [7, 11) is 0. The molecular weight excluding hydrogens is 206 g/mol. The van der Waals surface area contributed by atoms with Gasteiger partial charge in [-0.2, -0.15) is 5.26 Å². The van der Waals surface area contributed by atoms with Crippen molar-refractivity contribution in [2.45, 2.75) is 25.8 Å². The fourth-order valence-corrected chi connectivity index (χ4v) is 1.10. The number of aromatic nitrogens is 1. The van der Waals surface area contributed by atoms with E-state index in [1.807, 2.05) is 6.07 Å². The van der Waals surface area contributed by atoms with Gasteiger partial charge in [0, 0.05) is 17.8 Å². The van der Waals surface area contributed by atoms with Crippen LogP contribution < -0.4 is 10.9 Å². The van der Waals surface area contributed by atoms with Crippen molar-refractivity contribution >= 4 is 5.91 Å². The summed E-state index contributed by atoms with van der Waals surface area (Å²) in [5.74, 6) is -0.419. The molecule has 0 saturated heterocycles. The Morgan fingerprint density at radius 3 is 2.88 bits per heavy atom. The lowest BCUT2D eigenvalue weighted by molar-refractivity contribution is 0.0923. The van der Waals surface area contributed by atoms with Crippen LogP contribution in [0.3, 0.4) is 0 Å². The number of H-pyrrole nitrogens is 1. The number of carbonyl (C=O) groups is 1. The fourth-order valence-electron chi connectivity index (χ4n) is 1.10. The molecule has 0 aliphatic heterocycles. The highest BCUT2D eigenvalue weighted by atomic mass is 16.2. The number of rotatable bonds is 3. The quantitative estimate of drug-likeness (QED) is 0.788. The van der Waals surface area contributed by atoms with Crippen LogP contribution in [0.25, 0.3) is 0 Å². The molecule has 0 radical (unpaired) electrons. The number of nitriles is 1. The van der Waals surface area contributed by atoms with E-state index in [2.05, 4.69) is 10.3 Å². The van der Waals surface area contributed by atoms with E-state index < -0.39 is 11.4 Å². The predicted octanol–water partition coefficient (Wildman–Crippen LogP) is 0.797. The van der Waals surface area contributed by atoms with Crippen LogP contribution in [0.2, 0.25) is 0 Å². The van der Waals surface area contributed by atoms with Gasteiger partial charge in [0.1, 0.15) is 5.54 Å². The molecule has 0 saturated carbocycles. The van der Waals surface area contributed by atoms with Gasteiger partial charge in [0.05, 0.1) is 6.07 Å². The first kappa shape index (κ1) is 12.0. The van der Waals surface area contributed by atoms with Gasteiger partial charge in [0.25, 0.3) is 5.91 Å². The molecule has 1 amide bonds. The van der Waals surface area contributed by atoms with Crippen molar-refractivity contribution in [1.29, 1.82) is 5.26 Å². The highest BCUT2D eigenvalue weighted by molar-refractivity contribution is 5.94. The summed E-state index contributed by atoms with van der Waals surface area (Å²) in [4.78, 5) is 25.1. The first-order chi connectivity index (χ1) is 7.50. The molecule has 2 N–H and O–H groups in total. The first-order valence-corrected chi connectivity index (χ1v) is 4.93. The number of nitrogens with zero attached hydrogens (tertiary/aromatic N) is 1. The molecule has 84 valence electrons. The smallest absolute Gasteiger partial charge is 0.252 e. The van der Waals surface area contributed by atoms with E-state index in [1.165, 1.54) is 18.3 Å². The van der Waals surface area contributed by atoms with Crippen molar-refractivity contribution in [1.82, 2.24) is 10.3 Å². The molecule has 0 aromatic carbocycles. The molecule has 1 unspecified atom stereocenters. The largest absolute Gasteiger partial charge is 0.334 e. The van der Waals surface area contributed by atoms with Gasteiger partial charge in [-0.05, 0) is 19.4 Å². The third-order valence-corrected chi connectivity index (χ3v) is 2.38. The molecule has 0 aliphatic carbocycles. The van der Waals surface area contributed by atoms with Crippen molar-refractivity contribution in [2.75, 3.05) is 0 Å². The summed E-state index contributed by atoms with van der Waals surface area (Å²) in [5.41, 5.74) is -0.999. The molecule has 16 heavy (non-hydrogen) atoms. The Kier molecular flexibility index (Phi) is 3.46. The molecule has 1 rings (SSSR count). The van der Waals surface area contributed by atoms with E-state index in [9.17, 15) is 9.59 Å². The van der Waals surface area contributed by atoms with Crippen molar-refractivity contribution in [3.05, 3.63) is 34.2 Å². The molecule has 0 spiro atoms. The third-order valence-electron chi connectivity index (χ3n) is 2.38. The van der Waals surface area contributed by atoms with Gasteiger partial charge in [-0.15, -0.1) is 0 Å². The monoisotopic (exact) mass is 219 g/mol. The van der Waals surface area contributed by atoms with Gasteiger partial charge in [-0.3, -0.25) is 9.59 Å². The number of pyridine rings is 1. The average molecular weight is 219 g/mol. The summed E-state index contributed by atoms with van der Waals surface area (Å²) in [5, 5.41) is 11.5. The normalized spacial score (nSPS) is 13.6. The Bertz CT molecular complexity index is 486. The standard InChI is InChI=1S/C11H13N3O2/c1-3-11(2,7-12)14-10(16)8-4-5-13-9(15)6-8/h4-6H,3H2,1-2H3,(H,13,15)(H,14,16). The zero-order valence-electron chi connectivity index (χ0n) is 9.20. The van der Waals surface area contributed by atoms with Gasteiger partial charge in [0.2, 0.25) is 5.56 Å². The highest BCUT2D eigenvalue weighted by Gasteiger charge is 2.24. The summed E-state index contributed by atoms with van der Waals surface area (Å²) in [6, 6.07) is 4.71. The van der Waals surface area contributed by atoms with Crippen LogP contribution in [-0.4, -0.2) is 16.4 Å². The van der Waals surface area contributed by atoms with E-state index in [0.717, 1.165) is 0 Å². The van der Waals surface area contributed by atoms with Crippen LogP contribution in [0.5, 0.6) is 0 Å². The SMILES string of the molecule is CCC(C)(C#N)NC(=O)c1cc[nH]c(=O)c1. The minimum absolute atomic E-state index is 0.249. The molecule has 5 nitrogen and oxygen atoms in total. The third kappa shape index (κ3) is 2.70. The van der Waals surface area contributed by atoms with E-state index in [-0.39, 0.29) is 11.1 Å². The number of carbonyl (C=O) groups excluding carboxylic acids is 1. The molecule has 0 bridgehead atoms. The van der Waals surface area contributed by atoms with Crippen LogP contribution in [0, 0.1) is 11.3 Å². The maximum Gasteiger partial charge on any atom is 0.252 e. The van der Waals surface area contributed by atoms with Crippen LogP contribution >= 0.6 is 0 Å². The van der Waals surface area contributed by atoms with Crippen LogP contribution in [0.1, 0.15) is 30.6 Å². The van der Waals surface area contributed by atoms with Gasteiger partial charge in [-0.25, -0.2) is 0 Å². The Balaban J connectivity index is 2.89. The molecule has 1 atom stereocenters. The van der Waals surface area contributed by atoms with Crippen molar-refractivity contribution in [3.8, 4) is 6.07 Å². The number of nitrogens with one attached hydrogen (secondary N) is 2. The summed E-state index contributed by atoms with van der Waals surface area (Å²) in [6.45, 7) is 3.44. The lowest BCUT2D eigenvalue weighted by Crippen LogP contribution is -2.44. The zero-order valence-corrected chi connectivity index (χ0v) is 9.20. The Morgan fingerprint density at radius 2 is 2.38 bits per heavy atom. The second-order valence-corrected chi connectivity index (χ2v) is 3.69. The second kappa shape index (κ2) is 4.62. The molecule has 5 heteroatoms. The van der Waals surface area contributed by atoms with Crippen LogP contribution in [-0.2, 0) is 0 Å². The van der Waals surface area contributed by atoms with E-state index in [0.29, 0.717) is 6.42 Å². The minimum Gasteiger partial charge on any atom is -0.334 e. The van der Waals surface area contributed by atoms with E-state index in [4.69, 9.17) is 5.26 Å². The summed E-state index contributed by atoms with van der Waals surface area (Å²) in [6.07, 6.45) is 1.89. The summed E-state index contributed by atoms with van der Waals surface area (Å²) < 4.78 is 0. The molecule has 1 aromatic heterocycles. The van der Waals surface area contributed by atoms with Gasteiger partial charge < -0.3 is 10.3 Å². The first-order valence-electron chi connectivity index (χ1n) is 4.93. The molecule has 0 fully saturated rings. The van der Waals surface area contributed by atoms with Crippen molar-refractivity contribution < 1.29 is 4.79 Å². The zero-order chi connectivity index (χ0) is 12.2. The maximum atomic E-state index is 11.7. The summed E-state index contributed by atoms with van der Waals surface area (Å²) >= 11 is 0. The van der Waals surface area contributed by atoms with Gasteiger partial charge >= 0.3 is 0 Å². The molecule has 0 aliphatic rings. The van der Waals surface area contributed by atoms with E-state index >= 15 is 0 Å². The Hall–Kier alpha value is -2.09. The molecular formula is C11H13N3O2. The molecule has 1 aromatic rings. The minimum atomic E-state index is -0.903. The highest BCUT2D eigenvalue weighted by Crippen LogP contribution is 2.08. The average Bonchev–Trinajstić information content (AvgIpc) is 2.29. The molecule has 1 heterocycles. The van der Waals surface area contributed by atoms with Crippen molar-refractivity contribution in [2.24, 2.45) is 0 Å². The Morgan fingerprint density at radius 1 is 1.69 bits per heavy atom. The Labute approximate surface area is 93.1 Å². The van der Waals surface area contributed by atoms with Gasteiger partial charge in [0.15, 0.2) is 0 Å². The predicted molar refractivity (Wildman–Crippen MR) is 58.8 cm³/mol. The number of hydrogen-bond donors (Lipinski definition) is 2. The van der Waals surface area contributed by atoms with Crippen LogP contribution in [0.15, 0.2) is 23.1 Å². The second-order valence-electron chi connectivity index (χ2n) is 3.69. The van der Waals surface area contributed by atoms with Crippen LogP contribution in [0.4, 0.5) is 0 Å². The number of hydrogen-bond acceptors (Lipinski definition) is 3. The van der Waals surface area contributed by atoms with Crippen molar-refractivity contribution in [3.63, 3.8) is 0 Å². The lowest BCUT2D eigenvalue weighted by Gasteiger charge is -2.20. The number of amides is 1. The van der Waals surface area contributed by atoms with Gasteiger partial charge in [-0.1, -0.05) is 6.92 Å². The lowest BCUT2D eigenvalue weighted by atomic mass is 10.0. The maximum absolute atomic E-state index is 11.7. The fraction of sp³-hybridized carbons (Fsp3) is 0.364. The number of aromatic amines is 1. The van der Waals surface area contributed by atoms with E-state index in [1.54, 1.807) is 13.8 Å². The topological polar surface area (TPSA) is 85.8 Å².